The molecule has 1 amide bonds. The number of nitrogens with zero attached hydrogens (tertiary/aromatic N) is 2. The zero-order valence-electron chi connectivity index (χ0n) is 16.3. The van der Waals surface area contributed by atoms with Crippen molar-refractivity contribution in [3.63, 3.8) is 0 Å². The van der Waals surface area contributed by atoms with Gasteiger partial charge in [-0.05, 0) is 49.4 Å². The number of rotatable bonds is 5. The molecule has 7 heteroatoms. The van der Waals surface area contributed by atoms with Gasteiger partial charge in [-0.1, -0.05) is 24.3 Å². The quantitative estimate of drug-likeness (QED) is 0.826. The summed E-state index contributed by atoms with van der Waals surface area (Å²) in [5, 5.41) is 12.5. The Hall–Kier alpha value is -3.06. The Balaban J connectivity index is 1.86. The van der Waals surface area contributed by atoms with Crippen LogP contribution in [0.4, 0.5) is 10.5 Å². The minimum absolute atomic E-state index is 0.227. The molecular weight excluding hydrogens is 358 g/mol. The molecule has 2 N–H and O–H groups in total. The second-order valence-electron chi connectivity index (χ2n) is 6.80. The van der Waals surface area contributed by atoms with Crippen LogP contribution in [-0.4, -0.2) is 61.3 Å². The molecule has 1 heterocycles. The summed E-state index contributed by atoms with van der Waals surface area (Å²) >= 11 is 0. The van der Waals surface area contributed by atoms with Crippen LogP contribution < -0.4 is 15.0 Å². The van der Waals surface area contributed by atoms with E-state index in [1.165, 1.54) is 11.8 Å². The van der Waals surface area contributed by atoms with Crippen LogP contribution in [0.1, 0.15) is 6.92 Å². The predicted molar refractivity (Wildman–Crippen MR) is 108 cm³/mol. The van der Waals surface area contributed by atoms with Gasteiger partial charge in [-0.2, -0.15) is 0 Å². The maximum atomic E-state index is 12.3. The standard InChI is InChI=1S/C21H25N3O4/c1-15(25)21(22-2)14-23(11-12-24(21)20(26)27)18-9-7-16(8-10-18)17-5-4-6-19(13-17)28-3/h4-10,13,22H,11-12,14H2,1-3H3,(H,26,27). The maximum absolute atomic E-state index is 12.3. The number of carbonyl (C=O) groups excluding carboxylic acids is 1. The van der Waals surface area contributed by atoms with Crippen LogP contribution in [0.5, 0.6) is 5.75 Å². The molecule has 1 aliphatic rings. The number of amides is 1. The number of methoxy groups -OCH3 is 1. The summed E-state index contributed by atoms with van der Waals surface area (Å²) in [6.45, 7) is 2.43. The highest BCUT2D eigenvalue weighted by Crippen LogP contribution is 2.29. The summed E-state index contributed by atoms with van der Waals surface area (Å²) in [7, 11) is 3.26. The van der Waals surface area contributed by atoms with E-state index in [2.05, 4.69) is 5.32 Å². The van der Waals surface area contributed by atoms with E-state index in [0.29, 0.717) is 6.54 Å². The summed E-state index contributed by atoms with van der Waals surface area (Å²) < 4.78 is 5.28. The minimum atomic E-state index is -1.25. The van der Waals surface area contributed by atoms with Gasteiger partial charge in [0.2, 0.25) is 0 Å². The highest BCUT2D eigenvalue weighted by atomic mass is 16.5. The Labute approximate surface area is 164 Å². The van der Waals surface area contributed by atoms with Crippen molar-refractivity contribution in [1.82, 2.24) is 10.2 Å². The fourth-order valence-electron chi connectivity index (χ4n) is 3.69. The number of likely N-dealkylation sites (N-methyl/N-ethyl adjacent to an activating group) is 1. The van der Waals surface area contributed by atoms with Crippen molar-refractivity contribution in [2.24, 2.45) is 0 Å². The summed E-state index contributed by atoms with van der Waals surface area (Å²) in [5.41, 5.74) is 1.79. The van der Waals surface area contributed by atoms with Crippen LogP contribution in [-0.2, 0) is 4.79 Å². The molecule has 28 heavy (non-hydrogen) atoms. The lowest BCUT2D eigenvalue weighted by atomic mass is 9.99. The topological polar surface area (TPSA) is 82.1 Å². The summed E-state index contributed by atoms with van der Waals surface area (Å²) in [6, 6.07) is 15.9. The highest BCUT2D eigenvalue weighted by Gasteiger charge is 2.47. The van der Waals surface area contributed by atoms with Crippen molar-refractivity contribution in [1.29, 1.82) is 0 Å². The number of hydrogen-bond acceptors (Lipinski definition) is 5. The van der Waals surface area contributed by atoms with E-state index in [1.807, 2.05) is 53.4 Å². The molecule has 1 saturated heterocycles. The lowest BCUT2D eigenvalue weighted by Gasteiger charge is -2.48. The average Bonchev–Trinajstić information content (AvgIpc) is 2.73. The lowest BCUT2D eigenvalue weighted by Crippen LogP contribution is -2.73. The molecule has 0 saturated carbocycles. The molecule has 1 fully saturated rings. The van der Waals surface area contributed by atoms with Crippen molar-refractivity contribution in [3.05, 3.63) is 48.5 Å². The fourth-order valence-corrected chi connectivity index (χ4v) is 3.69. The molecule has 1 atom stereocenters. The predicted octanol–water partition coefficient (Wildman–Crippen LogP) is 2.67. The Kier molecular flexibility index (Phi) is 5.56. The van der Waals surface area contributed by atoms with Gasteiger partial charge in [0.1, 0.15) is 5.75 Å². The first-order valence-electron chi connectivity index (χ1n) is 9.11. The van der Waals surface area contributed by atoms with Gasteiger partial charge in [0, 0.05) is 18.8 Å². The van der Waals surface area contributed by atoms with E-state index in [0.717, 1.165) is 22.6 Å². The molecule has 0 radical (unpaired) electrons. The van der Waals surface area contributed by atoms with Gasteiger partial charge in [0.05, 0.1) is 13.7 Å². The smallest absolute Gasteiger partial charge is 0.409 e. The first-order valence-corrected chi connectivity index (χ1v) is 9.11. The lowest BCUT2D eigenvalue weighted by molar-refractivity contribution is -0.130. The van der Waals surface area contributed by atoms with E-state index in [9.17, 15) is 14.7 Å². The Morgan fingerprint density at radius 2 is 1.82 bits per heavy atom. The molecule has 148 valence electrons. The molecule has 2 aromatic carbocycles. The zero-order chi connectivity index (χ0) is 20.3. The minimum Gasteiger partial charge on any atom is -0.497 e. The third-order valence-electron chi connectivity index (χ3n) is 5.34. The molecule has 0 bridgehead atoms. The summed E-state index contributed by atoms with van der Waals surface area (Å²) in [6.07, 6.45) is -1.10. The zero-order valence-corrected chi connectivity index (χ0v) is 16.3. The monoisotopic (exact) mass is 383 g/mol. The van der Waals surface area contributed by atoms with Gasteiger partial charge in [0.15, 0.2) is 11.4 Å². The molecule has 0 aliphatic carbocycles. The van der Waals surface area contributed by atoms with E-state index < -0.39 is 11.8 Å². The van der Waals surface area contributed by atoms with Crippen molar-refractivity contribution in [2.75, 3.05) is 38.7 Å². The van der Waals surface area contributed by atoms with Crippen LogP contribution in [0.3, 0.4) is 0 Å². The van der Waals surface area contributed by atoms with Gasteiger partial charge in [-0.25, -0.2) is 4.79 Å². The van der Waals surface area contributed by atoms with E-state index in [4.69, 9.17) is 4.74 Å². The number of Topliss-reactive ketones (excluding diaryl/α,β-unsaturated/α-hetero) is 1. The van der Waals surface area contributed by atoms with E-state index in [-0.39, 0.29) is 18.9 Å². The second-order valence-corrected chi connectivity index (χ2v) is 6.80. The number of benzene rings is 2. The molecule has 2 aromatic rings. The number of ketones is 1. The van der Waals surface area contributed by atoms with Gasteiger partial charge < -0.3 is 14.7 Å². The van der Waals surface area contributed by atoms with Crippen molar-refractivity contribution in [3.8, 4) is 16.9 Å². The van der Waals surface area contributed by atoms with Crippen LogP contribution in [0.2, 0.25) is 0 Å². The molecule has 0 aromatic heterocycles. The van der Waals surface area contributed by atoms with E-state index >= 15 is 0 Å². The highest BCUT2D eigenvalue weighted by molar-refractivity contribution is 5.90. The fraction of sp³-hybridized carbons (Fsp3) is 0.333. The van der Waals surface area contributed by atoms with Crippen LogP contribution in [0, 0.1) is 0 Å². The van der Waals surface area contributed by atoms with Crippen LogP contribution in [0.25, 0.3) is 11.1 Å². The van der Waals surface area contributed by atoms with E-state index in [1.54, 1.807) is 14.2 Å². The molecule has 7 nitrogen and oxygen atoms in total. The summed E-state index contributed by atoms with van der Waals surface area (Å²) in [5.74, 6) is 0.571. The van der Waals surface area contributed by atoms with Crippen molar-refractivity contribution in [2.45, 2.75) is 12.6 Å². The number of carbonyl (C=O) groups is 2. The van der Waals surface area contributed by atoms with Gasteiger partial charge in [-0.3, -0.25) is 15.0 Å². The molecular formula is C21H25N3O4. The van der Waals surface area contributed by atoms with Gasteiger partial charge >= 0.3 is 6.09 Å². The second kappa shape index (κ2) is 7.90. The normalized spacial score (nSPS) is 19.4. The SMILES string of the molecule is CNC1(C(C)=O)CN(c2ccc(-c3cccc(OC)c3)cc2)CCN1C(=O)O. The van der Waals surface area contributed by atoms with Gasteiger partial charge in [0.25, 0.3) is 0 Å². The number of anilines is 1. The molecule has 1 aliphatic heterocycles. The first kappa shape index (κ1) is 19.7. The molecule has 3 rings (SSSR count). The molecule has 1 unspecified atom stereocenters. The van der Waals surface area contributed by atoms with Crippen LogP contribution in [0.15, 0.2) is 48.5 Å². The van der Waals surface area contributed by atoms with Crippen molar-refractivity contribution >= 4 is 17.6 Å². The Morgan fingerprint density at radius 1 is 1.11 bits per heavy atom. The third kappa shape index (κ3) is 3.53. The number of nitrogens with one attached hydrogen (secondary N) is 1. The number of hydrogen-bond donors (Lipinski definition) is 2. The first-order chi connectivity index (χ1) is 13.4. The number of piperazine rings is 1. The van der Waals surface area contributed by atoms with Gasteiger partial charge in [-0.15, -0.1) is 0 Å². The largest absolute Gasteiger partial charge is 0.497 e. The van der Waals surface area contributed by atoms with Crippen LogP contribution >= 0.6 is 0 Å². The third-order valence-corrected chi connectivity index (χ3v) is 5.34. The number of ether oxygens (including phenoxy) is 1. The maximum Gasteiger partial charge on any atom is 0.409 e. The molecule has 0 spiro atoms. The summed E-state index contributed by atoms with van der Waals surface area (Å²) in [4.78, 5) is 27.2. The Bertz CT molecular complexity index is 868. The average molecular weight is 383 g/mol. The van der Waals surface area contributed by atoms with Crippen molar-refractivity contribution < 1.29 is 19.4 Å². The number of carboxylic acid groups (broad SMARTS) is 1. The Morgan fingerprint density at radius 3 is 2.39 bits per heavy atom.